The second-order valence-electron chi connectivity index (χ2n) is 9.44. The minimum atomic E-state index is -0.744. The summed E-state index contributed by atoms with van der Waals surface area (Å²) in [6.45, 7) is 2.68. The number of carboxylic acids is 1. The van der Waals surface area contributed by atoms with Crippen molar-refractivity contribution < 1.29 is 14.6 Å². The summed E-state index contributed by atoms with van der Waals surface area (Å²) >= 11 is 0. The first kappa shape index (κ1) is 22.4. The van der Waals surface area contributed by atoms with Crippen LogP contribution in [-0.4, -0.2) is 57.4 Å². The summed E-state index contributed by atoms with van der Waals surface area (Å²) in [5.41, 5.74) is 2.96. The Morgan fingerprint density at radius 3 is 2.79 bits per heavy atom. The van der Waals surface area contributed by atoms with E-state index in [9.17, 15) is 9.90 Å². The third kappa shape index (κ3) is 5.07. The van der Waals surface area contributed by atoms with E-state index in [1.807, 2.05) is 26.1 Å². The summed E-state index contributed by atoms with van der Waals surface area (Å²) < 4.78 is 7.86. The van der Waals surface area contributed by atoms with Gasteiger partial charge in [-0.15, -0.1) is 15.3 Å². The van der Waals surface area contributed by atoms with Crippen molar-refractivity contribution in [3.63, 3.8) is 0 Å². The van der Waals surface area contributed by atoms with E-state index in [1.54, 1.807) is 9.48 Å². The van der Waals surface area contributed by atoms with Gasteiger partial charge in [-0.3, -0.25) is 9.48 Å². The number of rotatable bonds is 9. The minimum Gasteiger partial charge on any atom is -0.489 e. The number of aromatic nitrogens is 8. The van der Waals surface area contributed by atoms with Crippen molar-refractivity contribution >= 4 is 5.97 Å². The van der Waals surface area contributed by atoms with E-state index in [-0.39, 0.29) is 12.0 Å². The van der Waals surface area contributed by atoms with E-state index < -0.39 is 5.97 Å². The van der Waals surface area contributed by atoms with Crippen LogP contribution in [0.4, 0.5) is 0 Å². The molecule has 34 heavy (non-hydrogen) atoms. The quantitative estimate of drug-likeness (QED) is 0.505. The molecule has 2 saturated carbocycles. The SMILES string of the molecule is Cc1nc(-c2nnn(C)c2Cc2nnn(CCC3CC3)n2)ccc1OC1CCCC(C(=O)O)C1. The van der Waals surface area contributed by atoms with Crippen LogP contribution in [0.5, 0.6) is 5.75 Å². The predicted molar refractivity (Wildman–Crippen MR) is 121 cm³/mol. The molecule has 11 heteroatoms. The first-order valence-electron chi connectivity index (χ1n) is 12.0. The fourth-order valence-electron chi connectivity index (χ4n) is 4.53. The Morgan fingerprint density at radius 1 is 1.18 bits per heavy atom. The number of nitrogens with zero attached hydrogens (tertiary/aromatic N) is 8. The zero-order valence-corrected chi connectivity index (χ0v) is 19.6. The number of tetrazole rings is 1. The second-order valence-corrected chi connectivity index (χ2v) is 9.44. The average Bonchev–Trinajstić information content (AvgIpc) is 3.44. The summed E-state index contributed by atoms with van der Waals surface area (Å²) in [5.74, 6) is 1.04. The highest BCUT2D eigenvalue weighted by atomic mass is 16.5. The summed E-state index contributed by atoms with van der Waals surface area (Å²) in [6.07, 6.45) is 7.02. The highest BCUT2D eigenvalue weighted by Crippen LogP contribution is 2.33. The first-order valence-corrected chi connectivity index (χ1v) is 12.0. The molecule has 2 aliphatic carbocycles. The van der Waals surface area contributed by atoms with Crippen LogP contribution in [0.1, 0.15) is 62.2 Å². The van der Waals surface area contributed by atoms with Crippen molar-refractivity contribution in [2.45, 2.75) is 70.9 Å². The van der Waals surface area contributed by atoms with Gasteiger partial charge in [0.25, 0.3) is 0 Å². The third-order valence-electron chi connectivity index (χ3n) is 6.75. The fourth-order valence-corrected chi connectivity index (χ4v) is 4.53. The van der Waals surface area contributed by atoms with Crippen molar-refractivity contribution in [2.75, 3.05) is 0 Å². The third-order valence-corrected chi connectivity index (χ3v) is 6.75. The number of aryl methyl sites for hydroxylation is 3. The largest absolute Gasteiger partial charge is 0.489 e. The molecule has 0 amide bonds. The highest BCUT2D eigenvalue weighted by Gasteiger charge is 2.28. The van der Waals surface area contributed by atoms with Crippen LogP contribution in [0.2, 0.25) is 0 Å². The molecule has 0 saturated heterocycles. The Morgan fingerprint density at radius 2 is 2.03 bits per heavy atom. The van der Waals surface area contributed by atoms with Crippen molar-refractivity contribution in [3.05, 3.63) is 29.3 Å². The lowest BCUT2D eigenvalue weighted by molar-refractivity contribution is -0.143. The number of pyridine rings is 1. The Labute approximate surface area is 197 Å². The van der Waals surface area contributed by atoms with Gasteiger partial charge >= 0.3 is 5.97 Å². The summed E-state index contributed by atoms with van der Waals surface area (Å²) in [5, 5.41) is 30.8. The molecule has 0 radical (unpaired) electrons. The van der Waals surface area contributed by atoms with Gasteiger partial charge in [-0.25, -0.2) is 4.98 Å². The van der Waals surface area contributed by atoms with E-state index in [2.05, 4.69) is 25.7 Å². The smallest absolute Gasteiger partial charge is 0.306 e. The van der Waals surface area contributed by atoms with Gasteiger partial charge in [0.15, 0.2) is 5.82 Å². The molecule has 0 aromatic carbocycles. The van der Waals surface area contributed by atoms with Crippen molar-refractivity contribution in [1.82, 2.24) is 40.2 Å². The van der Waals surface area contributed by atoms with Gasteiger partial charge in [0.1, 0.15) is 11.4 Å². The van der Waals surface area contributed by atoms with Crippen LogP contribution in [0.3, 0.4) is 0 Å². The van der Waals surface area contributed by atoms with E-state index in [4.69, 9.17) is 9.72 Å². The highest BCUT2D eigenvalue weighted by molar-refractivity contribution is 5.70. The lowest BCUT2D eigenvalue weighted by Gasteiger charge is -2.27. The van der Waals surface area contributed by atoms with Crippen molar-refractivity contribution in [3.8, 4) is 17.1 Å². The van der Waals surface area contributed by atoms with Crippen LogP contribution in [-0.2, 0) is 24.8 Å². The monoisotopic (exact) mass is 466 g/mol. The van der Waals surface area contributed by atoms with Crippen molar-refractivity contribution in [2.24, 2.45) is 18.9 Å². The molecule has 2 fully saturated rings. The number of hydrogen-bond acceptors (Lipinski definition) is 8. The molecule has 5 rings (SSSR count). The predicted octanol–water partition coefficient (Wildman–Crippen LogP) is 2.59. The van der Waals surface area contributed by atoms with Crippen LogP contribution in [0, 0.1) is 18.8 Å². The average molecular weight is 467 g/mol. The van der Waals surface area contributed by atoms with Gasteiger partial charge in [-0.1, -0.05) is 18.1 Å². The van der Waals surface area contributed by atoms with E-state index >= 15 is 0 Å². The number of ether oxygens (including phenoxy) is 1. The molecule has 3 aromatic rings. The topological polar surface area (TPSA) is 134 Å². The number of hydrogen-bond donors (Lipinski definition) is 1. The molecule has 2 atom stereocenters. The second kappa shape index (κ2) is 9.47. The molecule has 1 N–H and O–H groups in total. The standard InChI is InChI=1S/C23H30N8O3/c1-14-20(34-17-5-3-4-16(12-17)23(32)33)9-8-18(24-14)22-19(30(2)28-26-22)13-21-25-29-31(27-21)11-10-15-6-7-15/h8-9,15-17H,3-7,10-13H2,1-2H3,(H,32,33). The summed E-state index contributed by atoms with van der Waals surface area (Å²) in [7, 11) is 1.84. The Bertz CT molecular complexity index is 1170. The molecule has 0 bridgehead atoms. The van der Waals surface area contributed by atoms with Crippen molar-refractivity contribution in [1.29, 1.82) is 0 Å². The normalized spacial score (nSPS) is 20.4. The number of carbonyl (C=O) groups is 1. The van der Waals surface area contributed by atoms with Gasteiger partial charge in [0.2, 0.25) is 0 Å². The summed E-state index contributed by atoms with van der Waals surface area (Å²) in [4.78, 5) is 17.7. The van der Waals surface area contributed by atoms with Crippen LogP contribution >= 0.6 is 0 Å². The lowest BCUT2D eigenvalue weighted by atomic mass is 9.87. The zero-order chi connectivity index (χ0) is 23.7. The molecule has 2 aliphatic rings. The molecule has 0 spiro atoms. The number of carboxylic acid groups (broad SMARTS) is 1. The fraction of sp³-hybridized carbons (Fsp3) is 0.609. The van der Waals surface area contributed by atoms with E-state index in [1.165, 1.54) is 12.8 Å². The van der Waals surface area contributed by atoms with Gasteiger partial charge in [0, 0.05) is 7.05 Å². The Hall–Kier alpha value is -3.37. The maximum Gasteiger partial charge on any atom is 0.306 e. The Balaban J connectivity index is 1.29. The zero-order valence-electron chi connectivity index (χ0n) is 19.6. The molecule has 180 valence electrons. The summed E-state index contributed by atoms with van der Waals surface area (Å²) in [6, 6.07) is 3.75. The van der Waals surface area contributed by atoms with Gasteiger partial charge < -0.3 is 9.84 Å². The molecule has 2 unspecified atom stereocenters. The maximum absolute atomic E-state index is 11.4. The van der Waals surface area contributed by atoms with Gasteiger partial charge in [-0.2, -0.15) is 4.80 Å². The van der Waals surface area contributed by atoms with Crippen LogP contribution in [0.25, 0.3) is 11.4 Å². The molecule has 3 aromatic heterocycles. The maximum atomic E-state index is 11.4. The molecular weight excluding hydrogens is 436 g/mol. The van der Waals surface area contributed by atoms with Gasteiger partial charge in [0.05, 0.1) is 42.1 Å². The van der Waals surface area contributed by atoms with Crippen LogP contribution in [0.15, 0.2) is 12.1 Å². The van der Waals surface area contributed by atoms with E-state index in [0.717, 1.165) is 43.1 Å². The Kier molecular flexibility index (Phi) is 6.25. The molecule has 3 heterocycles. The van der Waals surface area contributed by atoms with Crippen LogP contribution < -0.4 is 4.74 Å². The minimum absolute atomic E-state index is 0.109. The first-order chi connectivity index (χ1) is 16.5. The molecule has 0 aliphatic heterocycles. The van der Waals surface area contributed by atoms with E-state index in [0.29, 0.717) is 42.2 Å². The molecular formula is C23H30N8O3. The molecule has 11 nitrogen and oxygen atoms in total. The van der Waals surface area contributed by atoms with Gasteiger partial charge in [-0.05, 0) is 62.3 Å². The lowest BCUT2D eigenvalue weighted by Crippen LogP contribution is -2.29. The number of aliphatic carboxylic acids is 1.